The standard InChI is InChI=1S/C9H11NO.CH4/c1-7(11)9(10)8-5-3-2-4-6-8;/h2-6,9H,10H2,1H3;1H4. The second-order valence-corrected chi connectivity index (χ2v) is 2.50. The Morgan fingerprint density at radius 3 is 2.25 bits per heavy atom. The molecule has 0 aliphatic rings. The van der Waals surface area contributed by atoms with E-state index < -0.39 is 6.04 Å². The van der Waals surface area contributed by atoms with Crippen LogP contribution in [0.25, 0.3) is 0 Å². The van der Waals surface area contributed by atoms with Gasteiger partial charge in [0.25, 0.3) is 0 Å². The molecule has 0 heterocycles. The van der Waals surface area contributed by atoms with Gasteiger partial charge in [0, 0.05) is 0 Å². The second-order valence-electron chi connectivity index (χ2n) is 2.50. The molecule has 1 unspecified atom stereocenters. The fourth-order valence-electron chi connectivity index (χ4n) is 0.895. The largest absolute Gasteiger partial charge is 0.318 e. The molecule has 2 N–H and O–H groups in total. The monoisotopic (exact) mass is 165 g/mol. The van der Waals surface area contributed by atoms with Gasteiger partial charge in [-0.15, -0.1) is 0 Å². The number of Topliss-reactive ketones (excluding diaryl/α,β-unsaturated/α-hetero) is 1. The van der Waals surface area contributed by atoms with Crippen LogP contribution in [0.4, 0.5) is 0 Å². The van der Waals surface area contributed by atoms with Crippen molar-refractivity contribution < 1.29 is 4.79 Å². The molecule has 0 amide bonds. The van der Waals surface area contributed by atoms with Crippen molar-refractivity contribution in [1.82, 2.24) is 0 Å². The van der Waals surface area contributed by atoms with Gasteiger partial charge >= 0.3 is 0 Å². The number of benzene rings is 1. The molecule has 2 heteroatoms. The molecular formula is C10H15NO. The molecule has 2 nitrogen and oxygen atoms in total. The smallest absolute Gasteiger partial charge is 0.150 e. The summed E-state index contributed by atoms with van der Waals surface area (Å²) in [5.41, 5.74) is 6.46. The Morgan fingerprint density at radius 1 is 1.33 bits per heavy atom. The minimum Gasteiger partial charge on any atom is -0.318 e. The lowest BCUT2D eigenvalue weighted by Crippen LogP contribution is -2.18. The first-order valence-corrected chi connectivity index (χ1v) is 3.53. The van der Waals surface area contributed by atoms with Crippen molar-refractivity contribution in [3.63, 3.8) is 0 Å². The molecule has 0 saturated carbocycles. The fraction of sp³-hybridized carbons (Fsp3) is 0.300. The number of ketones is 1. The molecule has 0 aliphatic carbocycles. The SMILES string of the molecule is C.CC(=O)C(N)c1ccccc1. The summed E-state index contributed by atoms with van der Waals surface area (Å²) in [5.74, 6) is -0.00352. The van der Waals surface area contributed by atoms with Crippen molar-refractivity contribution in [3.05, 3.63) is 35.9 Å². The zero-order valence-corrected chi connectivity index (χ0v) is 6.45. The van der Waals surface area contributed by atoms with Gasteiger partial charge in [0.15, 0.2) is 5.78 Å². The first-order valence-electron chi connectivity index (χ1n) is 3.53. The highest BCUT2D eigenvalue weighted by molar-refractivity contribution is 5.82. The summed E-state index contributed by atoms with van der Waals surface area (Å²) in [5, 5.41) is 0. The normalized spacial score (nSPS) is 11.5. The average Bonchev–Trinajstić information content (AvgIpc) is 2.05. The Kier molecular flexibility index (Phi) is 4.22. The third kappa shape index (κ3) is 2.47. The topological polar surface area (TPSA) is 43.1 Å². The fourth-order valence-corrected chi connectivity index (χ4v) is 0.895. The van der Waals surface area contributed by atoms with Gasteiger partial charge in [0.2, 0.25) is 0 Å². The summed E-state index contributed by atoms with van der Waals surface area (Å²) in [4.78, 5) is 10.8. The molecule has 12 heavy (non-hydrogen) atoms. The van der Waals surface area contributed by atoms with Gasteiger partial charge in [-0.2, -0.15) is 0 Å². The van der Waals surface area contributed by atoms with Crippen LogP contribution in [0.5, 0.6) is 0 Å². The maximum Gasteiger partial charge on any atom is 0.150 e. The van der Waals surface area contributed by atoms with E-state index in [4.69, 9.17) is 5.73 Å². The van der Waals surface area contributed by atoms with Crippen LogP contribution >= 0.6 is 0 Å². The van der Waals surface area contributed by atoms with Gasteiger partial charge < -0.3 is 5.73 Å². The van der Waals surface area contributed by atoms with Gasteiger partial charge in [-0.05, 0) is 12.5 Å². The lowest BCUT2D eigenvalue weighted by molar-refractivity contribution is -0.118. The maximum absolute atomic E-state index is 10.8. The van der Waals surface area contributed by atoms with Gasteiger partial charge in [-0.25, -0.2) is 0 Å². The van der Waals surface area contributed by atoms with E-state index in [1.165, 1.54) is 6.92 Å². The molecule has 0 bridgehead atoms. The Balaban J connectivity index is 0.00000121. The van der Waals surface area contributed by atoms with Crippen molar-refractivity contribution in [2.24, 2.45) is 5.73 Å². The average molecular weight is 165 g/mol. The third-order valence-corrected chi connectivity index (χ3v) is 1.60. The van der Waals surface area contributed by atoms with Crippen molar-refractivity contribution in [3.8, 4) is 0 Å². The van der Waals surface area contributed by atoms with Crippen LogP contribution in [0, 0.1) is 0 Å². The van der Waals surface area contributed by atoms with E-state index in [9.17, 15) is 4.79 Å². The number of hydrogen-bond acceptors (Lipinski definition) is 2. The van der Waals surface area contributed by atoms with Crippen molar-refractivity contribution in [2.75, 3.05) is 0 Å². The van der Waals surface area contributed by atoms with Gasteiger partial charge in [-0.1, -0.05) is 37.8 Å². The predicted octanol–water partition coefficient (Wildman–Crippen LogP) is 1.91. The van der Waals surface area contributed by atoms with Crippen molar-refractivity contribution in [2.45, 2.75) is 20.4 Å². The minimum atomic E-state index is -0.462. The van der Waals surface area contributed by atoms with Crippen LogP contribution in [-0.2, 0) is 4.79 Å². The van der Waals surface area contributed by atoms with E-state index >= 15 is 0 Å². The lowest BCUT2D eigenvalue weighted by atomic mass is 10.1. The number of nitrogens with two attached hydrogens (primary N) is 1. The summed E-state index contributed by atoms with van der Waals surface area (Å²) in [6, 6.07) is 8.89. The Bertz CT molecular complexity index is 243. The highest BCUT2D eigenvalue weighted by atomic mass is 16.1. The van der Waals surface area contributed by atoms with Crippen LogP contribution in [0.1, 0.15) is 26.0 Å². The zero-order chi connectivity index (χ0) is 8.27. The zero-order valence-electron chi connectivity index (χ0n) is 6.45. The van der Waals surface area contributed by atoms with Gasteiger partial charge in [-0.3, -0.25) is 4.79 Å². The molecule has 0 aliphatic heterocycles. The molecule has 0 spiro atoms. The summed E-state index contributed by atoms with van der Waals surface area (Å²) in [6.45, 7) is 1.50. The molecule has 0 saturated heterocycles. The van der Waals surface area contributed by atoms with E-state index in [0.29, 0.717) is 0 Å². The Hall–Kier alpha value is -1.15. The van der Waals surface area contributed by atoms with Crippen LogP contribution in [0.2, 0.25) is 0 Å². The first kappa shape index (κ1) is 10.8. The highest BCUT2D eigenvalue weighted by Gasteiger charge is 2.08. The molecule has 0 fully saturated rings. The minimum absolute atomic E-state index is 0. The second kappa shape index (κ2) is 4.67. The summed E-state index contributed by atoms with van der Waals surface area (Å²) in [7, 11) is 0. The summed E-state index contributed by atoms with van der Waals surface area (Å²) >= 11 is 0. The van der Waals surface area contributed by atoms with E-state index in [1.807, 2.05) is 30.3 Å². The Labute approximate surface area is 73.4 Å². The van der Waals surface area contributed by atoms with Crippen LogP contribution in [0.3, 0.4) is 0 Å². The van der Waals surface area contributed by atoms with E-state index in [2.05, 4.69) is 0 Å². The highest BCUT2D eigenvalue weighted by Crippen LogP contribution is 2.09. The van der Waals surface area contributed by atoms with Crippen LogP contribution in [0.15, 0.2) is 30.3 Å². The molecule has 1 rings (SSSR count). The van der Waals surface area contributed by atoms with Gasteiger partial charge in [0.1, 0.15) is 0 Å². The quantitative estimate of drug-likeness (QED) is 0.727. The molecule has 1 atom stereocenters. The maximum atomic E-state index is 10.8. The number of carbonyl (C=O) groups excluding carboxylic acids is 1. The molecule has 66 valence electrons. The lowest BCUT2D eigenvalue weighted by Gasteiger charge is -2.06. The molecule has 0 radical (unpaired) electrons. The Morgan fingerprint density at radius 2 is 1.83 bits per heavy atom. The van der Waals surface area contributed by atoms with Gasteiger partial charge in [0.05, 0.1) is 6.04 Å². The van der Waals surface area contributed by atoms with Crippen molar-refractivity contribution in [1.29, 1.82) is 0 Å². The summed E-state index contributed by atoms with van der Waals surface area (Å²) in [6.07, 6.45) is 0. The summed E-state index contributed by atoms with van der Waals surface area (Å²) < 4.78 is 0. The molecule has 1 aromatic rings. The first-order chi connectivity index (χ1) is 5.22. The number of carbonyl (C=O) groups is 1. The van der Waals surface area contributed by atoms with E-state index in [-0.39, 0.29) is 13.2 Å². The van der Waals surface area contributed by atoms with Crippen LogP contribution < -0.4 is 5.73 Å². The molecule has 0 aromatic heterocycles. The predicted molar refractivity (Wildman–Crippen MR) is 50.8 cm³/mol. The van der Waals surface area contributed by atoms with Crippen LogP contribution in [-0.4, -0.2) is 5.78 Å². The molecule has 1 aromatic carbocycles. The van der Waals surface area contributed by atoms with E-state index in [1.54, 1.807) is 0 Å². The van der Waals surface area contributed by atoms with Crippen molar-refractivity contribution >= 4 is 5.78 Å². The van der Waals surface area contributed by atoms with E-state index in [0.717, 1.165) is 5.56 Å². The third-order valence-electron chi connectivity index (χ3n) is 1.60. The number of rotatable bonds is 2. The molecular weight excluding hydrogens is 150 g/mol. The number of hydrogen-bond donors (Lipinski definition) is 1.